The van der Waals surface area contributed by atoms with Crippen LogP contribution in [0.1, 0.15) is 34.5 Å². The number of thiazole rings is 1. The van der Waals surface area contributed by atoms with Gasteiger partial charge in [0, 0.05) is 48.3 Å². The minimum atomic E-state index is -0.270. The van der Waals surface area contributed by atoms with Crippen molar-refractivity contribution < 1.29 is 4.79 Å². The predicted octanol–water partition coefficient (Wildman–Crippen LogP) is 3.55. The van der Waals surface area contributed by atoms with Crippen LogP contribution in [0.2, 0.25) is 0 Å². The van der Waals surface area contributed by atoms with E-state index < -0.39 is 0 Å². The quantitative estimate of drug-likeness (QED) is 0.745. The molecule has 1 fully saturated rings. The number of nitrogens with one attached hydrogen (secondary N) is 1. The molecule has 27 heavy (non-hydrogen) atoms. The van der Waals surface area contributed by atoms with Crippen LogP contribution in [0.25, 0.3) is 11.3 Å². The van der Waals surface area contributed by atoms with E-state index in [0.29, 0.717) is 22.3 Å². The van der Waals surface area contributed by atoms with Gasteiger partial charge in [-0.2, -0.15) is 0 Å². The Hall–Kier alpha value is -2.87. The summed E-state index contributed by atoms with van der Waals surface area (Å²) < 4.78 is 0. The van der Waals surface area contributed by atoms with Crippen molar-refractivity contribution >= 4 is 28.3 Å². The van der Waals surface area contributed by atoms with Gasteiger partial charge in [-0.15, -0.1) is 11.3 Å². The minimum Gasteiger partial charge on any atom is -0.341 e. The summed E-state index contributed by atoms with van der Waals surface area (Å²) in [5.41, 5.74) is 1.79. The molecule has 0 radical (unpaired) electrons. The summed E-state index contributed by atoms with van der Waals surface area (Å²) in [7, 11) is 0. The molecule has 3 aromatic heterocycles. The molecule has 1 N–H and O–H groups in total. The predicted molar refractivity (Wildman–Crippen MR) is 106 cm³/mol. The van der Waals surface area contributed by atoms with Gasteiger partial charge in [0.25, 0.3) is 5.91 Å². The fourth-order valence-electron chi connectivity index (χ4n) is 3.08. The van der Waals surface area contributed by atoms with Crippen molar-refractivity contribution in [1.82, 2.24) is 19.9 Å². The van der Waals surface area contributed by atoms with Gasteiger partial charge >= 0.3 is 0 Å². The van der Waals surface area contributed by atoms with Crippen LogP contribution in [0.5, 0.6) is 0 Å². The number of hydrogen-bond donors (Lipinski definition) is 1. The number of aryl methyl sites for hydroxylation is 1. The van der Waals surface area contributed by atoms with Crippen LogP contribution < -0.4 is 10.2 Å². The summed E-state index contributed by atoms with van der Waals surface area (Å²) in [5.74, 6) is 0.392. The average Bonchev–Trinajstić information content (AvgIpc) is 3.13. The third-order valence-electron chi connectivity index (χ3n) is 4.44. The molecule has 1 aliphatic rings. The molecule has 0 atom stereocenters. The number of pyridine rings is 1. The van der Waals surface area contributed by atoms with Crippen LogP contribution in [0.15, 0.2) is 36.9 Å². The zero-order chi connectivity index (χ0) is 18.6. The third-order valence-corrected chi connectivity index (χ3v) is 5.26. The third kappa shape index (κ3) is 3.95. The van der Waals surface area contributed by atoms with Crippen LogP contribution in [-0.2, 0) is 0 Å². The van der Waals surface area contributed by atoms with Crippen LogP contribution in [0, 0.1) is 6.92 Å². The van der Waals surface area contributed by atoms with E-state index in [4.69, 9.17) is 4.98 Å². The maximum absolute atomic E-state index is 12.8. The standard InChI is InChI=1S/C19H20N6OS/c1-13-10-22-19(27-13)24-17(26)15-12-21-18(25-8-3-2-4-9-25)23-16(15)14-6-5-7-20-11-14/h5-7,10-12H,2-4,8-9H2,1H3,(H,22,24,26). The van der Waals surface area contributed by atoms with Gasteiger partial charge < -0.3 is 4.90 Å². The highest BCUT2D eigenvalue weighted by molar-refractivity contribution is 7.15. The monoisotopic (exact) mass is 380 g/mol. The van der Waals surface area contributed by atoms with Crippen molar-refractivity contribution in [3.63, 3.8) is 0 Å². The highest BCUT2D eigenvalue weighted by atomic mass is 32.1. The van der Waals surface area contributed by atoms with Crippen LogP contribution in [0.4, 0.5) is 11.1 Å². The Morgan fingerprint density at radius 1 is 1.15 bits per heavy atom. The van der Waals surface area contributed by atoms with Crippen LogP contribution >= 0.6 is 11.3 Å². The summed E-state index contributed by atoms with van der Waals surface area (Å²) in [5, 5.41) is 3.41. The van der Waals surface area contributed by atoms with E-state index in [1.807, 2.05) is 19.1 Å². The van der Waals surface area contributed by atoms with E-state index in [-0.39, 0.29) is 5.91 Å². The van der Waals surface area contributed by atoms with E-state index in [1.165, 1.54) is 17.8 Å². The number of piperidine rings is 1. The highest BCUT2D eigenvalue weighted by Crippen LogP contribution is 2.26. The van der Waals surface area contributed by atoms with Crippen LogP contribution in [0.3, 0.4) is 0 Å². The van der Waals surface area contributed by atoms with Crippen molar-refractivity contribution in [2.24, 2.45) is 0 Å². The molecule has 4 heterocycles. The molecular formula is C19H20N6OS. The van der Waals surface area contributed by atoms with Gasteiger partial charge in [0.05, 0.1) is 11.3 Å². The Morgan fingerprint density at radius 2 is 2.00 bits per heavy atom. The molecule has 0 bridgehead atoms. The zero-order valence-electron chi connectivity index (χ0n) is 15.1. The number of carbonyl (C=O) groups excluding carboxylic acids is 1. The van der Waals surface area contributed by atoms with Crippen molar-refractivity contribution in [1.29, 1.82) is 0 Å². The Morgan fingerprint density at radius 3 is 2.70 bits per heavy atom. The van der Waals surface area contributed by atoms with E-state index in [9.17, 15) is 4.79 Å². The lowest BCUT2D eigenvalue weighted by Gasteiger charge is -2.27. The van der Waals surface area contributed by atoms with Gasteiger partial charge in [-0.05, 0) is 38.3 Å². The number of anilines is 2. The maximum Gasteiger partial charge on any atom is 0.261 e. The molecule has 3 aromatic rings. The zero-order valence-corrected chi connectivity index (χ0v) is 15.9. The molecule has 138 valence electrons. The maximum atomic E-state index is 12.8. The second-order valence-corrected chi connectivity index (χ2v) is 7.69. The first-order valence-electron chi connectivity index (χ1n) is 8.97. The minimum absolute atomic E-state index is 0.270. The van der Waals surface area contributed by atoms with Gasteiger partial charge in [-0.25, -0.2) is 15.0 Å². The Bertz CT molecular complexity index is 936. The van der Waals surface area contributed by atoms with Crippen LogP contribution in [-0.4, -0.2) is 38.9 Å². The molecule has 8 heteroatoms. The lowest BCUT2D eigenvalue weighted by Crippen LogP contribution is -2.31. The van der Waals surface area contributed by atoms with E-state index in [1.54, 1.807) is 24.8 Å². The highest BCUT2D eigenvalue weighted by Gasteiger charge is 2.20. The van der Waals surface area contributed by atoms with Crippen molar-refractivity contribution in [2.45, 2.75) is 26.2 Å². The molecule has 1 saturated heterocycles. The number of amides is 1. The lowest BCUT2D eigenvalue weighted by molar-refractivity contribution is 0.102. The largest absolute Gasteiger partial charge is 0.341 e. The number of nitrogens with zero attached hydrogens (tertiary/aromatic N) is 5. The van der Waals surface area contributed by atoms with Gasteiger partial charge in [-0.1, -0.05) is 0 Å². The first-order valence-corrected chi connectivity index (χ1v) is 9.78. The summed E-state index contributed by atoms with van der Waals surface area (Å²) in [6.45, 7) is 3.83. The molecule has 0 saturated carbocycles. The molecule has 0 unspecified atom stereocenters. The van der Waals surface area contributed by atoms with Gasteiger partial charge in [0.15, 0.2) is 5.13 Å². The van der Waals surface area contributed by atoms with E-state index in [2.05, 4.69) is 25.2 Å². The Labute approximate surface area is 161 Å². The van der Waals surface area contributed by atoms with Gasteiger partial charge in [0.1, 0.15) is 0 Å². The molecule has 1 aliphatic heterocycles. The molecule has 0 aliphatic carbocycles. The Balaban J connectivity index is 1.70. The second-order valence-electron chi connectivity index (χ2n) is 6.45. The molecule has 0 aromatic carbocycles. The topological polar surface area (TPSA) is 83.9 Å². The number of rotatable bonds is 4. The number of aromatic nitrogens is 4. The molecule has 0 spiro atoms. The normalized spacial score (nSPS) is 14.2. The summed E-state index contributed by atoms with van der Waals surface area (Å²) in [6, 6.07) is 3.74. The number of hydrogen-bond acceptors (Lipinski definition) is 7. The molecule has 4 rings (SSSR count). The van der Waals surface area contributed by atoms with Crippen molar-refractivity contribution in [2.75, 3.05) is 23.3 Å². The van der Waals surface area contributed by atoms with E-state index >= 15 is 0 Å². The molecular weight excluding hydrogens is 360 g/mol. The lowest BCUT2D eigenvalue weighted by atomic mass is 10.1. The van der Waals surface area contributed by atoms with Crippen molar-refractivity contribution in [3.8, 4) is 11.3 Å². The fourth-order valence-corrected chi connectivity index (χ4v) is 3.74. The fraction of sp³-hybridized carbons (Fsp3) is 0.316. The molecule has 7 nitrogen and oxygen atoms in total. The summed E-state index contributed by atoms with van der Waals surface area (Å²) in [6.07, 6.45) is 10.3. The summed E-state index contributed by atoms with van der Waals surface area (Å²) >= 11 is 1.43. The first-order chi connectivity index (χ1) is 13.2. The SMILES string of the molecule is Cc1cnc(NC(=O)c2cnc(N3CCCCC3)nc2-c2cccnc2)s1. The second kappa shape index (κ2) is 7.79. The first kappa shape index (κ1) is 17.5. The summed E-state index contributed by atoms with van der Waals surface area (Å²) in [4.78, 5) is 33.6. The molecule has 1 amide bonds. The van der Waals surface area contributed by atoms with Gasteiger partial charge in [0.2, 0.25) is 5.95 Å². The van der Waals surface area contributed by atoms with E-state index in [0.717, 1.165) is 36.4 Å². The van der Waals surface area contributed by atoms with Crippen molar-refractivity contribution in [3.05, 3.63) is 47.4 Å². The smallest absolute Gasteiger partial charge is 0.261 e. The van der Waals surface area contributed by atoms with Gasteiger partial charge in [-0.3, -0.25) is 15.1 Å². The number of carbonyl (C=O) groups is 1. The average molecular weight is 380 g/mol. The Kier molecular flexibility index (Phi) is 5.06.